The minimum absolute atomic E-state index is 0.0239. The number of nitrogens with one attached hydrogen (secondary N) is 1. The molecule has 2 amide bonds. The maximum absolute atomic E-state index is 12.2. The first-order valence-corrected chi connectivity index (χ1v) is 9.08. The van der Waals surface area contributed by atoms with Crippen molar-refractivity contribution in [3.05, 3.63) is 0 Å². The van der Waals surface area contributed by atoms with Crippen molar-refractivity contribution < 1.29 is 14.6 Å². The molecule has 0 radical (unpaired) electrons. The maximum atomic E-state index is 12.2. The van der Waals surface area contributed by atoms with E-state index in [9.17, 15) is 4.79 Å². The number of urea groups is 1. The van der Waals surface area contributed by atoms with Gasteiger partial charge in [-0.05, 0) is 44.9 Å². The van der Waals surface area contributed by atoms with E-state index in [-0.39, 0.29) is 18.7 Å². The lowest BCUT2D eigenvalue weighted by Gasteiger charge is -2.35. The van der Waals surface area contributed by atoms with Gasteiger partial charge >= 0.3 is 6.03 Å². The highest BCUT2D eigenvalue weighted by molar-refractivity contribution is 5.74. The molecular weight excluding hydrogens is 280 g/mol. The van der Waals surface area contributed by atoms with Crippen molar-refractivity contribution in [1.29, 1.82) is 0 Å². The molecule has 1 aliphatic heterocycles. The van der Waals surface area contributed by atoms with Crippen molar-refractivity contribution in [3.8, 4) is 0 Å². The fourth-order valence-electron chi connectivity index (χ4n) is 3.57. The molecule has 0 aromatic carbocycles. The third kappa shape index (κ3) is 5.76. The summed E-state index contributed by atoms with van der Waals surface area (Å²) >= 11 is 0. The number of carbonyl (C=O) groups is 1. The average molecular weight is 312 g/mol. The first-order chi connectivity index (χ1) is 10.8. The molecule has 128 valence electrons. The second-order valence-electron chi connectivity index (χ2n) is 6.57. The molecule has 2 aliphatic rings. The molecule has 0 spiro atoms. The SMILES string of the molecule is O=C(NCCCOC1CCCCC1)N1CCCCC1CCO. The van der Waals surface area contributed by atoms with Crippen molar-refractivity contribution in [2.24, 2.45) is 0 Å². The monoisotopic (exact) mass is 312 g/mol. The fourth-order valence-corrected chi connectivity index (χ4v) is 3.57. The number of hydrogen-bond donors (Lipinski definition) is 2. The Balaban J connectivity index is 1.58. The molecule has 1 aliphatic carbocycles. The average Bonchev–Trinajstić information content (AvgIpc) is 2.56. The van der Waals surface area contributed by atoms with Gasteiger partial charge < -0.3 is 20.1 Å². The lowest BCUT2D eigenvalue weighted by Crippen LogP contribution is -2.49. The molecule has 1 unspecified atom stereocenters. The Labute approximate surface area is 134 Å². The van der Waals surface area contributed by atoms with E-state index in [0.29, 0.717) is 19.1 Å². The molecule has 0 aromatic heterocycles. The van der Waals surface area contributed by atoms with E-state index in [1.165, 1.54) is 32.1 Å². The zero-order valence-corrected chi connectivity index (χ0v) is 13.8. The van der Waals surface area contributed by atoms with Crippen LogP contribution in [0, 0.1) is 0 Å². The number of likely N-dealkylation sites (tertiary alicyclic amines) is 1. The van der Waals surface area contributed by atoms with Crippen molar-refractivity contribution in [3.63, 3.8) is 0 Å². The third-order valence-electron chi connectivity index (χ3n) is 4.85. The number of carbonyl (C=O) groups excluding carboxylic acids is 1. The number of ether oxygens (including phenoxy) is 1. The summed E-state index contributed by atoms with van der Waals surface area (Å²) in [5.74, 6) is 0. The Morgan fingerprint density at radius 3 is 2.68 bits per heavy atom. The fraction of sp³-hybridized carbons (Fsp3) is 0.941. The van der Waals surface area contributed by atoms with Crippen LogP contribution in [0.25, 0.3) is 0 Å². The van der Waals surface area contributed by atoms with E-state index in [1.807, 2.05) is 4.90 Å². The highest BCUT2D eigenvalue weighted by Gasteiger charge is 2.25. The van der Waals surface area contributed by atoms with Crippen LogP contribution in [-0.4, -0.2) is 54.5 Å². The largest absolute Gasteiger partial charge is 0.396 e. The second kappa shape index (κ2) is 10.1. The van der Waals surface area contributed by atoms with Crippen molar-refractivity contribution in [2.45, 2.75) is 76.4 Å². The normalized spacial score (nSPS) is 23.5. The number of aliphatic hydroxyl groups is 1. The van der Waals surface area contributed by atoms with Crippen LogP contribution in [0.4, 0.5) is 4.79 Å². The summed E-state index contributed by atoms with van der Waals surface area (Å²) in [6.45, 7) is 2.39. The number of rotatable bonds is 7. The number of hydrogen-bond acceptors (Lipinski definition) is 3. The maximum Gasteiger partial charge on any atom is 0.317 e. The van der Waals surface area contributed by atoms with Gasteiger partial charge in [0.05, 0.1) is 6.10 Å². The molecule has 1 saturated carbocycles. The minimum Gasteiger partial charge on any atom is -0.396 e. The van der Waals surface area contributed by atoms with Gasteiger partial charge in [-0.15, -0.1) is 0 Å². The predicted octanol–water partition coefficient (Wildman–Crippen LogP) is 2.67. The van der Waals surface area contributed by atoms with Gasteiger partial charge in [-0.2, -0.15) is 0 Å². The summed E-state index contributed by atoms with van der Waals surface area (Å²) in [7, 11) is 0. The quantitative estimate of drug-likeness (QED) is 0.711. The van der Waals surface area contributed by atoms with Gasteiger partial charge in [-0.3, -0.25) is 0 Å². The smallest absolute Gasteiger partial charge is 0.317 e. The molecule has 1 heterocycles. The summed E-state index contributed by atoms with van der Waals surface area (Å²) in [6.07, 6.45) is 11.6. The molecule has 2 N–H and O–H groups in total. The van der Waals surface area contributed by atoms with Gasteiger partial charge in [0, 0.05) is 32.3 Å². The standard InChI is InChI=1S/C17H32N2O3/c20-13-10-15-7-4-5-12-19(15)17(21)18-11-6-14-22-16-8-2-1-3-9-16/h15-16,20H,1-14H2,(H,18,21). The second-order valence-corrected chi connectivity index (χ2v) is 6.57. The molecule has 2 fully saturated rings. The molecule has 5 heteroatoms. The van der Waals surface area contributed by atoms with Crippen LogP contribution in [-0.2, 0) is 4.74 Å². The van der Waals surface area contributed by atoms with Crippen LogP contribution in [0.15, 0.2) is 0 Å². The van der Waals surface area contributed by atoms with E-state index in [0.717, 1.165) is 38.8 Å². The summed E-state index contributed by atoms with van der Waals surface area (Å²) in [4.78, 5) is 14.1. The van der Waals surface area contributed by atoms with Crippen molar-refractivity contribution >= 4 is 6.03 Å². The van der Waals surface area contributed by atoms with Crippen molar-refractivity contribution in [1.82, 2.24) is 10.2 Å². The highest BCUT2D eigenvalue weighted by Crippen LogP contribution is 2.20. The molecule has 1 saturated heterocycles. The first-order valence-electron chi connectivity index (χ1n) is 9.08. The van der Waals surface area contributed by atoms with Crippen LogP contribution in [0.3, 0.4) is 0 Å². The summed E-state index contributed by atoms with van der Waals surface area (Å²) < 4.78 is 5.87. The van der Waals surface area contributed by atoms with Gasteiger partial charge in [-0.1, -0.05) is 19.3 Å². The van der Waals surface area contributed by atoms with Gasteiger partial charge in [-0.25, -0.2) is 4.79 Å². The minimum atomic E-state index is 0.0239. The topological polar surface area (TPSA) is 61.8 Å². The molecule has 22 heavy (non-hydrogen) atoms. The highest BCUT2D eigenvalue weighted by atomic mass is 16.5. The van der Waals surface area contributed by atoms with Gasteiger partial charge in [0.1, 0.15) is 0 Å². The molecule has 1 atom stereocenters. The lowest BCUT2D eigenvalue weighted by atomic mass is 9.98. The van der Waals surface area contributed by atoms with Crippen LogP contribution in [0.1, 0.15) is 64.2 Å². The molecule has 0 aromatic rings. The van der Waals surface area contributed by atoms with E-state index < -0.39 is 0 Å². The number of amides is 2. The van der Waals surface area contributed by atoms with E-state index in [4.69, 9.17) is 9.84 Å². The lowest BCUT2D eigenvalue weighted by molar-refractivity contribution is 0.0273. The predicted molar refractivity (Wildman–Crippen MR) is 86.9 cm³/mol. The Bertz CT molecular complexity index is 317. The van der Waals surface area contributed by atoms with Gasteiger partial charge in [0.2, 0.25) is 0 Å². The first kappa shape index (κ1) is 17.5. The van der Waals surface area contributed by atoms with Crippen LogP contribution in [0.5, 0.6) is 0 Å². The number of aliphatic hydroxyl groups excluding tert-OH is 1. The molecular formula is C17H32N2O3. The van der Waals surface area contributed by atoms with Crippen LogP contribution < -0.4 is 5.32 Å². The van der Waals surface area contributed by atoms with E-state index >= 15 is 0 Å². The summed E-state index contributed by atoms with van der Waals surface area (Å²) in [5.41, 5.74) is 0. The van der Waals surface area contributed by atoms with E-state index in [1.54, 1.807) is 0 Å². The Morgan fingerprint density at radius 1 is 1.14 bits per heavy atom. The van der Waals surface area contributed by atoms with Gasteiger partial charge in [0.25, 0.3) is 0 Å². The van der Waals surface area contributed by atoms with Gasteiger partial charge in [0.15, 0.2) is 0 Å². The van der Waals surface area contributed by atoms with Crippen LogP contribution >= 0.6 is 0 Å². The Hall–Kier alpha value is -0.810. The van der Waals surface area contributed by atoms with Crippen LogP contribution in [0.2, 0.25) is 0 Å². The van der Waals surface area contributed by atoms with E-state index in [2.05, 4.69) is 5.32 Å². The molecule has 5 nitrogen and oxygen atoms in total. The third-order valence-corrected chi connectivity index (χ3v) is 4.85. The Morgan fingerprint density at radius 2 is 1.91 bits per heavy atom. The number of nitrogens with zero attached hydrogens (tertiary/aromatic N) is 1. The summed E-state index contributed by atoms with van der Waals surface area (Å²) in [5, 5.41) is 12.1. The Kier molecular flexibility index (Phi) is 8.02. The molecule has 0 bridgehead atoms. The number of piperidine rings is 1. The summed E-state index contributed by atoms with van der Waals surface area (Å²) in [6, 6.07) is 0.230. The molecule has 2 rings (SSSR count). The van der Waals surface area contributed by atoms with Crippen molar-refractivity contribution in [2.75, 3.05) is 26.3 Å². The zero-order chi connectivity index (χ0) is 15.6. The zero-order valence-electron chi connectivity index (χ0n) is 13.8.